The predicted octanol–water partition coefficient (Wildman–Crippen LogP) is 1.95. The van der Waals surface area contributed by atoms with Gasteiger partial charge in [-0.05, 0) is 54.1 Å². The van der Waals surface area contributed by atoms with Gasteiger partial charge >= 0.3 is 0 Å². The van der Waals surface area contributed by atoms with Gasteiger partial charge in [-0.1, -0.05) is 6.07 Å². The maximum absolute atomic E-state index is 7.89. The second kappa shape index (κ2) is 4.65. The molecule has 0 aromatic carbocycles. The summed E-state index contributed by atoms with van der Waals surface area (Å²) in [5.41, 5.74) is 4.84. The molecule has 1 unspecified atom stereocenters. The van der Waals surface area contributed by atoms with Crippen molar-refractivity contribution in [3.8, 4) is 0 Å². The van der Waals surface area contributed by atoms with Crippen LogP contribution in [0.1, 0.15) is 25.7 Å². The Bertz CT molecular complexity index is 442. The monoisotopic (exact) mass is 301 g/mol. The molecule has 0 bridgehead atoms. The van der Waals surface area contributed by atoms with Crippen molar-refractivity contribution in [2.75, 3.05) is 0 Å². The number of nitrogens with zero attached hydrogens (tertiary/aromatic N) is 2. The normalized spacial score (nSPS) is 22.5. The van der Waals surface area contributed by atoms with Crippen molar-refractivity contribution < 1.29 is 1.41 Å². The van der Waals surface area contributed by atoms with Crippen molar-refractivity contribution in [2.24, 2.45) is 0 Å². The Kier molecular flexibility index (Phi) is 3.03. The average molecular weight is 302 g/mol. The summed E-state index contributed by atoms with van der Waals surface area (Å²) in [5.74, 6) is 0. The van der Waals surface area contributed by atoms with Crippen LogP contribution in [-0.2, 0) is 0 Å². The Balaban J connectivity index is 2.38. The molecule has 2 heterocycles. The van der Waals surface area contributed by atoms with Crippen molar-refractivity contribution >= 4 is 33.3 Å². The van der Waals surface area contributed by atoms with Crippen molar-refractivity contribution in [1.29, 1.82) is 0 Å². The molecule has 0 saturated carbocycles. The van der Waals surface area contributed by atoms with E-state index in [1.165, 1.54) is 5.42 Å². The van der Waals surface area contributed by atoms with Crippen molar-refractivity contribution in [2.45, 2.75) is 26.1 Å². The zero-order valence-electron chi connectivity index (χ0n) is 10.0. The van der Waals surface area contributed by atoms with Crippen LogP contribution in [0.25, 0.3) is 0 Å². The molecule has 1 atom stereocenters. The van der Waals surface area contributed by atoms with E-state index in [0.717, 1.165) is 10.3 Å². The van der Waals surface area contributed by atoms with Gasteiger partial charge in [0.25, 0.3) is 0 Å². The molecule has 0 spiro atoms. The molecule has 0 amide bonds. The number of halogens is 1. The summed E-state index contributed by atoms with van der Waals surface area (Å²) in [7, 11) is 0. The van der Waals surface area contributed by atoms with Crippen LogP contribution >= 0.6 is 28.1 Å². The lowest BCUT2D eigenvalue weighted by Crippen LogP contribution is -2.36. The fourth-order valence-electron chi connectivity index (χ4n) is 1.64. The highest BCUT2D eigenvalue weighted by atomic mass is 79.9. The third-order valence-corrected chi connectivity index (χ3v) is 3.08. The van der Waals surface area contributed by atoms with E-state index < -0.39 is 0 Å². The van der Waals surface area contributed by atoms with Gasteiger partial charge in [0, 0.05) is 6.04 Å². The van der Waals surface area contributed by atoms with Gasteiger partial charge in [-0.15, -0.1) is 0 Å². The third-order valence-electron chi connectivity index (χ3n) is 2.34. The van der Waals surface area contributed by atoms with E-state index >= 15 is 0 Å². The smallest absolute Gasteiger partial charge is 0.185 e. The van der Waals surface area contributed by atoms with Crippen LogP contribution in [0, 0.1) is 0 Å². The van der Waals surface area contributed by atoms with Crippen LogP contribution in [0.15, 0.2) is 22.8 Å². The Hall–Kier alpha value is -0.720. The van der Waals surface area contributed by atoms with Gasteiger partial charge in [0.2, 0.25) is 0 Å². The maximum Gasteiger partial charge on any atom is 0.185 e. The largest absolute Gasteiger partial charge is 0.323 e. The first-order chi connectivity index (χ1) is 8.00. The molecule has 6 heteroatoms. The second-order valence-corrected chi connectivity index (χ2v) is 5.01. The van der Waals surface area contributed by atoms with Crippen molar-refractivity contribution in [3.63, 3.8) is 0 Å². The highest BCUT2D eigenvalue weighted by Crippen LogP contribution is 2.23. The Morgan fingerprint density at radius 1 is 1.62 bits per heavy atom. The third kappa shape index (κ3) is 2.18. The van der Waals surface area contributed by atoms with Crippen LogP contribution in [0.3, 0.4) is 0 Å². The molecule has 1 fully saturated rings. The number of hydrazine groups is 1. The molecule has 16 heavy (non-hydrogen) atoms. The number of hydrogen-bond donors (Lipinski definition) is 2. The molecule has 4 nitrogen and oxygen atoms in total. The topological polar surface area (TPSA) is 40.2 Å². The summed E-state index contributed by atoms with van der Waals surface area (Å²) in [6.45, 7) is 4.08. The van der Waals surface area contributed by atoms with Gasteiger partial charge in [-0.25, -0.2) is 10.4 Å². The number of aromatic nitrogens is 1. The quantitative estimate of drug-likeness (QED) is 0.645. The Morgan fingerprint density at radius 3 is 3.00 bits per heavy atom. The second-order valence-electron chi connectivity index (χ2n) is 3.81. The van der Waals surface area contributed by atoms with E-state index in [2.05, 4.69) is 26.3 Å². The summed E-state index contributed by atoms with van der Waals surface area (Å²) in [5, 5.41) is 0.557. The minimum Gasteiger partial charge on any atom is -0.323 e. The molecule has 1 aromatic rings. The lowest BCUT2D eigenvalue weighted by molar-refractivity contribution is 0.262. The van der Waals surface area contributed by atoms with Gasteiger partial charge < -0.3 is 4.90 Å². The number of hydrogen-bond acceptors (Lipinski definition) is 3. The molecular weight excluding hydrogens is 288 g/mol. The molecule has 2 N–H and O–H groups in total. The van der Waals surface area contributed by atoms with Gasteiger partial charge in [-0.3, -0.25) is 5.43 Å². The molecule has 0 aliphatic carbocycles. The molecular formula is C10H13BrN4S. The first-order valence-corrected chi connectivity index (χ1v) is 6.20. The lowest BCUT2D eigenvalue weighted by atomic mass is 10.2. The minimum absolute atomic E-state index is 0.205. The summed E-state index contributed by atoms with van der Waals surface area (Å²) >= 11 is 8.56. The molecule has 1 aliphatic heterocycles. The van der Waals surface area contributed by atoms with Crippen LogP contribution in [-0.4, -0.2) is 21.0 Å². The first-order valence-electron chi connectivity index (χ1n) is 5.45. The van der Waals surface area contributed by atoms with E-state index in [1.54, 1.807) is 0 Å². The molecule has 2 rings (SSSR count). The lowest BCUT2D eigenvalue weighted by Gasteiger charge is -2.27. The average Bonchev–Trinajstić information content (AvgIpc) is 2.53. The molecule has 1 saturated heterocycles. The molecule has 1 aromatic heterocycles. The summed E-state index contributed by atoms with van der Waals surface area (Å²) < 4.78 is 8.64. The first kappa shape index (κ1) is 10.4. The molecule has 1 aliphatic rings. The van der Waals surface area contributed by atoms with Gasteiger partial charge in [0.1, 0.15) is 10.8 Å². The minimum atomic E-state index is -0.292. The van der Waals surface area contributed by atoms with E-state index in [0.29, 0.717) is 5.11 Å². The van der Waals surface area contributed by atoms with Crippen LogP contribution < -0.4 is 10.8 Å². The van der Waals surface area contributed by atoms with Gasteiger partial charge in [0.15, 0.2) is 6.52 Å². The SMILES string of the molecule is [2H]N1NC(=S)N(C(C)C)C1c1cccc(Br)n1. The predicted molar refractivity (Wildman–Crippen MR) is 70.5 cm³/mol. The highest BCUT2D eigenvalue weighted by molar-refractivity contribution is 9.10. The zero-order chi connectivity index (χ0) is 12.6. The van der Waals surface area contributed by atoms with E-state index in [-0.39, 0.29) is 12.2 Å². The fourth-order valence-corrected chi connectivity index (χ4v) is 2.36. The Labute approximate surface area is 110 Å². The summed E-state index contributed by atoms with van der Waals surface area (Å²) in [4.78, 5) is 6.34. The Morgan fingerprint density at radius 2 is 2.38 bits per heavy atom. The molecule has 86 valence electrons. The summed E-state index contributed by atoms with van der Waals surface area (Å²) in [6, 6.07) is 5.86. The van der Waals surface area contributed by atoms with E-state index in [4.69, 9.17) is 13.6 Å². The summed E-state index contributed by atoms with van der Waals surface area (Å²) in [6.07, 6.45) is -0.292. The van der Waals surface area contributed by atoms with Crippen LogP contribution in [0.4, 0.5) is 0 Å². The standard InChI is InChI=1S/C10H13BrN4S/c1-6(2)15-9(13-14-10(15)16)7-4-3-5-8(11)12-7/h3-6,9,13H,1-2H3,(H,14,16)/i/hD. The number of pyridine rings is 1. The highest BCUT2D eigenvalue weighted by Gasteiger charge is 2.31. The number of rotatable bonds is 2. The number of thiocarbonyl (C=S) groups is 1. The van der Waals surface area contributed by atoms with E-state index in [1.807, 2.05) is 36.9 Å². The van der Waals surface area contributed by atoms with Crippen molar-refractivity contribution in [3.05, 3.63) is 28.5 Å². The number of nitrogens with one attached hydrogen (secondary N) is 2. The van der Waals surface area contributed by atoms with E-state index in [9.17, 15) is 0 Å². The van der Waals surface area contributed by atoms with Crippen molar-refractivity contribution in [1.82, 2.24) is 20.7 Å². The van der Waals surface area contributed by atoms with Crippen LogP contribution in [0.2, 0.25) is 1.41 Å². The van der Waals surface area contributed by atoms with Gasteiger partial charge in [0.05, 0.1) is 5.69 Å². The van der Waals surface area contributed by atoms with Crippen LogP contribution in [0.5, 0.6) is 0 Å². The fraction of sp³-hybridized carbons (Fsp3) is 0.400. The van der Waals surface area contributed by atoms with Gasteiger partial charge in [-0.2, -0.15) is 0 Å². The zero-order valence-corrected chi connectivity index (χ0v) is 11.4. The maximum atomic E-state index is 7.89. The molecule has 0 radical (unpaired) electrons.